The van der Waals surface area contributed by atoms with Gasteiger partial charge in [-0.2, -0.15) is 18.2 Å². The molecular weight excluding hydrogens is 239 g/mol. The minimum atomic E-state index is -4.68. The smallest absolute Gasteiger partial charge is 0.315 e. The summed E-state index contributed by atoms with van der Waals surface area (Å²) in [4.78, 5) is 14.3. The van der Waals surface area contributed by atoms with Crippen LogP contribution in [0.15, 0.2) is 4.52 Å². The monoisotopic (exact) mass is 251 g/mol. The molecule has 0 aliphatic carbocycles. The molecule has 0 spiro atoms. The van der Waals surface area contributed by atoms with Crippen molar-refractivity contribution in [2.45, 2.75) is 32.9 Å². The molecule has 0 unspecified atom stereocenters. The summed E-state index contributed by atoms with van der Waals surface area (Å²) in [6.45, 7) is 3.86. The Bertz CT molecular complexity index is 387. The van der Waals surface area contributed by atoms with Crippen LogP contribution in [-0.2, 0) is 11.0 Å². The number of carbonyl (C=O) groups excluding carboxylic acids is 1. The Balaban J connectivity index is 2.52. The lowest BCUT2D eigenvalue weighted by Crippen LogP contribution is -2.13. The van der Waals surface area contributed by atoms with E-state index in [-0.39, 0.29) is 6.42 Å². The average molecular weight is 251 g/mol. The van der Waals surface area contributed by atoms with E-state index < -0.39 is 23.9 Å². The molecule has 0 bridgehead atoms. The summed E-state index contributed by atoms with van der Waals surface area (Å²) >= 11 is 0. The summed E-state index contributed by atoms with van der Waals surface area (Å²) in [5, 5.41) is 4.82. The second kappa shape index (κ2) is 5.15. The number of hydrogen-bond donors (Lipinski definition) is 1. The summed E-state index contributed by atoms with van der Waals surface area (Å²) in [6.07, 6.45) is -3.85. The Labute approximate surface area is 95.4 Å². The van der Waals surface area contributed by atoms with Gasteiger partial charge in [-0.3, -0.25) is 10.1 Å². The van der Waals surface area contributed by atoms with Gasteiger partial charge in [0, 0.05) is 6.42 Å². The predicted molar refractivity (Wildman–Crippen MR) is 52.0 cm³/mol. The third-order valence-electron chi connectivity index (χ3n) is 1.87. The molecule has 0 saturated heterocycles. The van der Waals surface area contributed by atoms with Crippen LogP contribution < -0.4 is 5.32 Å². The van der Waals surface area contributed by atoms with Gasteiger partial charge in [0.2, 0.25) is 5.91 Å². The van der Waals surface area contributed by atoms with Crippen LogP contribution in [0.1, 0.15) is 32.5 Å². The van der Waals surface area contributed by atoms with Crippen molar-refractivity contribution in [1.29, 1.82) is 0 Å². The number of nitrogens with zero attached hydrogens (tertiary/aromatic N) is 2. The van der Waals surface area contributed by atoms with Gasteiger partial charge < -0.3 is 4.52 Å². The number of nitrogens with one attached hydrogen (secondary N) is 1. The Morgan fingerprint density at radius 1 is 1.47 bits per heavy atom. The number of rotatable bonds is 4. The van der Waals surface area contributed by atoms with E-state index in [2.05, 4.69) is 20.0 Å². The maximum Gasteiger partial charge on any atom is 0.455 e. The minimum Gasteiger partial charge on any atom is -0.315 e. The van der Waals surface area contributed by atoms with Gasteiger partial charge in [0.05, 0.1) is 0 Å². The highest BCUT2D eigenvalue weighted by atomic mass is 19.4. The number of anilines is 1. The first-order valence-corrected chi connectivity index (χ1v) is 5.00. The Kier molecular flexibility index (Phi) is 4.08. The summed E-state index contributed by atoms with van der Waals surface area (Å²) in [7, 11) is 0. The third kappa shape index (κ3) is 4.41. The van der Waals surface area contributed by atoms with Crippen molar-refractivity contribution in [3.05, 3.63) is 5.82 Å². The molecule has 0 fully saturated rings. The summed E-state index contributed by atoms with van der Waals surface area (Å²) < 4.78 is 40.5. The van der Waals surface area contributed by atoms with Crippen molar-refractivity contribution in [3.63, 3.8) is 0 Å². The van der Waals surface area contributed by atoms with Crippen LogP contribution in [0, 0.1) is 5.92 Å². The van der Waals surface area contributed by atoms with Gasteiger partial charge in [-0.25, -0.2) is 0 Å². The minimum absolute atomic E-state index is 0.196. The van der Waals surface area contributed by atoms with Crippen molar-refractivity contribution in [1.82, 2.24) is 10.1 Å². The van der Waals surface area contributed by atoms with E-state index in [1.54, 1.807) is 0 Å². The van der Waals surface area contributed by atoms with Crippen molar-refractivity contribution in [3.8, 4) is 0 Å². The fraction of sp³-hybridized carbons (Fsp3) is 0.667. The van der Waals surface area contributed by atoms with Crippen molar-refractivity contribution < 1.29 is 22.5 Å². The van der Waals surface area contributed by atoms with Gasteiger partial charge in [0.15, 0.2) is 0 Å². The lowest BCUT2D eigenvalue weighted by Gasteiger charge is -2.02. The first-order chi connectivity index (χ1) is 7.79. The molecule has 1 aromatic rings. The number of hydrogen-bond acceptors (Lipinski definition) is 4. The largest absolute Gasteiger partial charge is 0.455 e. The van der Waals surface area contributed by atoms with Crippen LogP contribution in [0.25, 0.3) is 0 Å². The van der Waals surface area contributed by atoms with E-state index in [9.17, 15) is 18.0 Å². The number of amides is 1. The van der Waals surface area contributed by atoms with Gasteiger partial charge in [-0.1, -0.05) is 13.8 Å². The second-order valence-electron chi connectivity index (χ2n) is 3.90. The highest BCUT2D eigenvalue weighted by molar-refractivity contribution is 5.88. The molecule has 1 amide bonds. The molecule has 0 aliphatic rings. The van der Waals surface area contributed by atoms with E-state index in [0.717, 1.165) is 0 Å². The van der Waals surface area contributed by atoms with Crippen LogP contribution >= 0.6 is 0 Å². The molecule has 96 valence electrons. The van der Waals surface area contributed by atoms with Gasteiger partial charge in [-0.15, -0.1) is 0 Å². The predicted octanol–water partition coefficient (Wildman–Crippen LogP) is 2.46. The summed E-state index contributed by atoms with van der Waals surface area (Å²) in [6, 6.07) is -0.536. The molecule has 0 aromatic carbocycles. The Morgan fingerprint density at radius 3 is 2.59 bits per heavy atom. The zero-order chi connectivity index (χ0) is 13.1. The van der Waals surface area contributed by atoms with E-state index in [4.69, 9.17) is 0 Å². The molecule has 0 atom stereocenters. The summed E-state index contributed by atoms with van der Waals surface area (Å²) in [5.74, 6) is -1.53. The van der Waals surface area contributed by atoms with E-state index in [1.165, 1.54) is 0 Å². The molecule has 1 N–H and O–H groups in total. The normalized spacial score (nSPS) is 11.9. The Hall–Kier alpha value is -1.60. The fourth-order valence-electron chi connectivity index (χ4n) is 0.991. The standard InChI is InChI=1S/C9H12F3N3O2/c1-5(2)3-4-6(16)13-8-14-7(15-17-8)9(10,11)12/h5H,3-4H2,1-2H3,(H,13,14,15,16). The molecule has 8 heteroatoms. The highest BCUT2D eigenvalue weighted by Gasteiger charge is 2.37. The molecule has 1 heterocycles. The number of aromatic nitrogens is 2. The molecule has 0 radical (unpaired) electrons. The lowest BCUT2D eigenvalue weighted by molar-refractivity contribution is -0.146. The number of halogens is 3. The van der Waals surface area contributed by atoms with Crippen LogP contribution in [0.5, 0.6) is 0 Å². The quantitative estimate of drug-likeness (QED) is 0.892. The van der Waals surface area contributed by atoms with Gasteiger partial charge >= 0.3 is 12.2 Å². The van der Waals surface area contributed by atoms with E-state index in [1.807, 2.05) is 13.8 Å². The molecular formula is C9H12F3N3O2. The SMILES string of the molecule is CC(C)CCC(=O)Nc1nc(C(F)(F)F)no1. The van der Waals surface area contributed by atoms with Crippen LogP contribution in [0.4, 0.5) is 19.2 Å². The van der Waals surface area contributed by atoms with Crippen molar-refractivity contribution in [2.75, 3.05) is 5.32 Å². The summed E-state index contributed by atoms with van der Waals surface area (Å²) in [5.41, 5.74) is 0. The molecule has 0 saturated carbocycles. The Morgan fingerprint density at radius 2 is 2.12 bits per heavy atom. The van der Waals surface area contributed by atoms with Crippen molar-refractivity contribution >= 4 is 11.9 Å². The van der Waals surface area contributed by atoms with Crippen LogP contribution in [0.2, 0.25) is 0 Å². The molecule has 0 aliphatic heterocycles. The van der Waals surface area contributed by atoms with Crippen LogP contribution in [-0.4, -0.2) is 16.0 Å². The zero-order valence-electron chi connectivity index (χ0n) is 9.34. The maximum absolute atomic E-state index is 12.1. The van der Waals surface area contributed by atoms with Crippen molar-refractivity contribution in [2.24, 2.45) is 5.92 Å². The van der Waals surface area contributed by atoms with Gasteiger partial charge in [0.25, 0.3) is 5.82 Å². The molecule has 17 heavy (non-hydrogen) atoms. The maximum atomic E-state index is 12.1. The second-order valence-corrected chi connectivity index (χ2v) is 3.90. The molecule has 1 rings (SSSR count). The zero-order valence-corrected chi connectivity index (χ0v) is 9.34. The van der Waals surface area contributed by atoms with Crippen LogP contribution in [0.3, 0.4) is 0 Å². The first-order valence-electron chi connectivity index (χ1n) is 5.00. The van der Waals surface area contributed by atoms with E-state index >= 15 is 0 Å². The average Bonchev–Trinajstić information content (AvgIpc) is 2.62. The van der Waals surface area contributed by atoms with Gasteiger partial charge in [-0.05, 0) is 17.5 Å². The highest BCUT2D eigenvalue weighted by Crippen LogP contribution is 2.27. The van der Waals surface area contributed by atoms with Gasteiger partial charge in [0.1, 0.15) is 0 Å². The number of carbonyl (C=O) groups is 1. The topological polar surface area (TPSA) is 68.0 Å². The number of alkyl halides is 3. The molecule has 5 nitrogen and oxygen atoms in total. The first kappa shape index (κ1) is 13.5. The van der Waals surface area contributed by atoms with E-state index in [0.29, 0.717) is 12.3 Å². The fourth-order valence-corrected chi connectivity index (χ4v) is 0.991. The lowest BCUT2D eigenvalue weighted by atomic mass is 10.1. The molecule has 1 aromatic heterocycles. The third-order valence-corrected chi connectivity index (χ3v) is 1.87.